The molecule has 1 aliphatic rings. The van der Waals surface area contributed by atoms with Crippen molar-refractivity contribution in [2.45, 2.75) is 52.5 Å². The molecule has 0 aromatic rings. The van der Waals surface area contributed by atoms with E-state index in [0.717, 1.165) is 18.8 Å². The average Bonchev–Trinajstić information content (AvgIpc) is 2.17. The molecule has 3 heteroatoms. The highest BCUT2D eigenvalue weighted by atomic mass is 16.5. The molecule has 1 saturated carbocycles. The van der Waals surface area contributed by atoms with Crippen molar-refractivity contribution in [1.82, 2.24) is 5.32 Å². The summed E-state index contributed by atoms with van der Waals surface area (Å²) in [5, 5.41) is 2.88. The molecule has 1 aliphatic carbocycles. The fraction of sp³-hybridized carbons (Fsp3) is 0.917. The van der Waals surface area contributed by atoms with Crippen LogP contribution in [0.25, 0.3) is 0 Å². The van der Waals surface area contributed by atoms with Crippen molar-refractivity contribution >= 4 is 6.09 Å². The Kier molecular flexibility index (Phi) is 4.00. The van der Waals surface area contributed by atoms with Crippen LogP contribution in [0.1, 0.15) is 46.5 Å². The number of nitrogens with one attached hydrogen (secondary N) is 1. The summed E-state index contributed by atoms with van der Waals surface area (Å²) in [6, 6.07) is 0.316. The number of carbonyl (C=O) groups is 1. The zero-order valence-electron chi connectivity index (χ0n) is 10.3. The van der Waals surface area contributed by atoms with Crippen LogP contribution in [0.3, 0.4) is 0 Å². The van der Waals surface area contributed by atoms with Gasteiger partial charge in [0.15, 0.2) is 0 Å². The topological polar surface area (TPSA) is 38.3 Å². The molecule has 15 heavy (non-hydrogen) atoms. The Balaban J connectivity index is 2.33. The van der Waals surface area contributed by atoms with Crippen molar-refractivity contribution in [3.05, 3.63) is 0 Å². The maximum Gasteiger partial charge on any atom is 0.407 e. The number of carbonyl (C=O) groups excluding carboxylic acids is 1. The Hall–Kier alpha value is -0.730. The Labute approximate surface area is 92.6 Å². The largest absolute Gasteiger partial charge is 0.453 e. The second-order valence-corrected chi connectivity index (χ2v) is 5.55. The summed E-state index contributed by atoms with van der Waals surface area (Å²) in [7, 11) is 1.41. The number of methoxy groups -OCH3 is 1. The van der Waals surface area contributed by atoms with Crippen LogP contribution >= 0.6 is 0 Å². The lowest BCUT2D eigenvalue weighted by molar-refractivity contribution is 0.141. The number of amides is 1. The third-order valence-corrected chi connectivity index (χ3v) is 3.46. The second kappa shape index (κ2) is 4.86. The van der Waals surface area contributed by atoms with Crippen LogP contribution in [0.15, 0.2) is 0 Å². The summed E-state index contributed by atoms with van der Waals surface area (Å²) >= 11 is 0. The highest BCUT2D eigenvalue weighted by Crippen LogP contribution is 2.37. The van der Waals surface area contributed by atoms with E-state index in [2.05, 4.69) is 30.8 Å². The number of alkyl carbamates (subject to hydrolysis) is 1. The molecule has 0 spiro atoms. The van der Waals surface area contributed by atoms with Crippen LogP contribution in [0, 0.1) is 11.3 Å². The van der Waals surface area contributed by atoms with Crippen molar-refractivity contribution in [1.29, 1.82) is 0 Å². The second-order valence-electron chi connectivity index (χ2n) is 5.55. The van der Waals surface area contributed by atoms with Gasteiger partial charge in [0, 0.05) is 6.04 Å². The lowest BCUT2D eigenvalue weighted by atomic mass is 9.71. The first-order valence-corrected chi connectivity index (χ1v) is 5.78. The minimum absolute atomic E-state index is 0.297. The fourth-order valence-electron chi connectivity index (χ4n) is 2.33. The first-order valence-electron chi connectivity index (χ1n) is 5.78. The third-order valence-electron chi connectivity index (χ3n) is 3.46. The van der Waals surface area contributed by atoms with Gasteiger partial charge in [-0.3, -0.25) is 0 Å². The molecule has 1 rings (SSSR count). The molecule has 0 aromatic carbocycles. The van der Waals surface area contributed by atoms with Gasteiger partial charge in [-0.25, -0.2) is 4.79 Å². The number of hydrogen-bond acceptors (Lipinski definition) is 2. The minimum atomic E-state index is -0.297. The Bertz CT molecular complexity index is 212. The number of hydrogen-bond donors (Lipinski definition) is 1. The van der Waals surface area contributed by atoms with Crippen LogP contribution in [-0.2, 0) is 4.74 Å². The smallest absolute Gasteiger partial charge is 0.407 e. The summed E-state index contributed by atoms with van der Waals surface area (Å²) in [6.45, 7) is 6.89. The van der Waals surface area contributed by atoms with E-state index in [1.165, 1.54) is 20.0 Å². The molecule has 0 aliphatic heterocycles. The van der Waals surface area contributed by atoms with Crippen molar-refractivity contribution in [2.75, 3.05) is 7.11 Å². The van der Waals surface area contributed by atoms with E-state index >= 15 is 0 Å². The monoisotopic (exact) mass is 213 g/mol. The predicted molar refractivity (Wildman–Crippen MR) is 60.7 cm³/mol. The van der Waals surface area contributed by atoms with Gasteiger partial charge in [-0.15, -0.1) is 0 Å². The van der Waals surface area contributed by atoms with Gasteiger partial charge in [-0.05, 0) is 37.0 Å². The van der Waals surface area contributed by atoms with Gasteiger partial charge in [0.05, 0.1) is 7.11 Å². The van der Waals surface area contributed by atoms with Crippen molar-refractivity contribution in [2.24, 2.45) is 11.3 Å². The molecule has 0 aromatic heterocycles. The third kappa shape index (κ3) is 3.73. The summed E-state index contributed by atoms with van der Waals surface area (Å²) in [5.74, 6) is 0.785. The zero-order valence-corrected chi connectivity index (χ0v) is 10.3. The van der Waals surface area contributed by atoms with Crippen molar-refractivity contribution < 1.29 is 9.53 Å². The lowest BCUT2D eigenvalue weighted by Gasteiger charge is -2.36. The van der Waals surface area contributed by atoms with Crippen LogP contribution < -0.4 is 5.32 Å². The molecule has 1 fully saturated rings. The molecular weight excluding hydrogens is 190 g/mol. The molecule has 1 N–H and O–H groups in total. The maximum absolute atomic E-state index is 11.0. The molecule has 0 radical (unpaired) electrons. The molecule has 0 atom stereocenters. The standard InChI is InChI=1S/C12H23NO2/c1-12(2,3)9-5-7-10(8-6-9)13-11(14)15-4/h9-10H,5-8H2,1-4H3,(H,13,14)/t9-,10-. The minimum Gasteiger partial charge on any atom is -0.453 e. The molecule has 0 saturated heterocycles. The van der Waals surface area contributed by atoms with Crippen LogP contribution in [-0.4, -0.2) is 19.2 Å². The van der Waals surface area contributed by atoms with E-state index in [4.69, 9.17) is 0 Å². The number of ether oxygens (including phenoxy) is 1. The van der Waals surface area contributed by atoms with Crippen LogP contribution in [0.5, 0.6) is 0 Å². The van der Waals surface area contributed by atoms with Crippen LogP contribution in [0.2, 0.25) is 0 Å². The maximum atomic E-state index is 11.0. The summed E-state index contributed by atoms with van der Waals surface area (Å²) in [5.41, 5.74) is 0.399. The van der Waals surface area contributed by atoms with Gasteiger partial charge in [0.25, 0.3) is 0 Å². The van der Waals surface area contributed by atoms with Crippen LogP contribution in [0.4, 0.5) is 4.79 Å². The molecule has 0 bridgehead atoms. The van der Waals surface area contributed by atoms with Gasteiger partial charge >= 0.3 is 6.09 Å². The summed E-state index contributed by atoms with van der Waals surface area (Å²) < 4.78 is 4.60. The average molecular weight is 213 g/mol. The van der Waals surface area contributed by atoms with E-state index in [1.54, 1.807) is 0 Å². The molecule has 3 nitrogen and oxygen atoms in total. The lowest BCUT2D eigenvalue weighted by Crippen LogP contribution is -2.39. The van der Waals surface area contributed by atoms with Crippen molar-refractivity contribution in [3.8, 4) is 0 Å². The van der Waals surface area contributed by atoms with E-state index in [0.29, 0.717) is 11.5 Å². The quantitative estimate of drug-likeness (QED) is 0.727. The first kappa shape index (κ1) is 12.3. The van der Waals surface area contributed by atoms with Gasteiger partial charge in [-0.2, -0.15) is 0 Å². The van der Waals surface area contributed by atoms with Gasteiger partial charge in [-0.1, -0.05) is 20.8 Å². The van der Waals surface area contributed by atoms with E-state index in [-0.39, 0.29) is 6.09 Å². The van der Waals surface area contributed by atoms with Crippen molar-refractivity contribution in [3.63, 3.8) is 0 Å². The Morgan fingerprint density at radius 2 is 1.73 bits per heavy atom. The van der Waals surface area contributed by atoms with Gasteiger partial charge < -0.3 is 10.1 Å². The SMILES string of the molecule is COC(=O)N[C@H]1CC[C@H](C(C)(C)C)CC1. The van der Waals surface area contributed by atoms with Gasteiger partial charge in [0.1, 0.15) is 0 Å². The Morgan fingerprint density at radius 1 is 1.20 bits per heavy atom. The zero-order chi connectivity index (χ0) is 11.5. The Morgan fingerprint density at radius 3 is 2.13 bits per heavy atom. The van der Waals surface area contributed by atoms with E-state index in [9.17, 15) is 4.79 Å². The molecule has 1 amide bonds. The molecule has 0 unspecified atom stereocenters. The van der Waals surface area contributed by atoms with Gasteiger partial charge in [0.2, 0.25) is 0 Å². The predicted octanol–water partition coefficient (Wildman–Crippen LogP) is 2.95. The summed E-state index contributed by atoms with van der Waals surface area (Å²) in [4.78, 5) is 11.0. The molecule has 0 heterocycles. The summed E-state index contributed by atoms with van der Waals surface area (Å²) in [6.07, 6.45) is 4.28. The molecule has 88 valence electrons. The van der Waals surface area contributed by atoms with E-state index in [1.807, 2.05) is 0 Å². The highest BCUT2D eigenvalue weighted by Gasteiger charge is 2.30. The first-order chi connectivity index (χ1) is 6.93. The van der Waals surface area contributed by atoms with E-state index < -0.39 is 0 Å². The highest BCUT2D eigenvalue weighted by molar-refractivity contribution is 5.67. The normalized spacial score (nSPS) is 27.2. The molecular formula is C12H23NO2. The number of rotatable bonds is 1. The fourth-order valence-corrected chi connectivity index (χ4v) is 2.33.